The summed E-state index contributed by atoms with van der Waals surface area (Å²) in [4.78, 5) is 42.2. The van der Waals surface area contributed by atoms with Crippen LogP contribution in [0.1, 0.15) is 44.5 Å². The van der Waals surface area contributed by atoms with Crippen molar-refractivity contribution in [1.29, 1.82) is 0 Å². The quantitative estimate of drug-likeness (QED) is 0.662. The Morgan fingerprint density at radius 3 is 2.35 bits per heavy atom. The standard InChI is InChI=1S/C24H28N2O5/c1-6-31-18-12-10-17(11-13-18)25-21(27)15-20(23(25)29)26(24(2,3)4)22(28)16-8-7-9-19(14-16)30-5/h7-14,20H,6,15H2,1-5H3. The summed E-state index contributed by atoms with van der Waals surface area (Å²) >= 11 is 0. The van der Waals surface area contributed by atoms with E-state index in [9.17, 15) is 14.4 Å². The summed E-state index contributed by atoms with van der Waals surface area (Å²) in [5.41, 5.74) is 0.174. The summed E-state index contributed by atoms with van der Waals surface area (Å²) in [6.45, 7) is 7.95. The lowest BCUT2D eigenvalue weighted by atomic mass is 9.99. The SMILES string of the molecule is CCOc1ccc(N2C(=O)CC(N(C(=O)c3cccc(OC)c3)C(C)(C)C)C2=O)cc1. The molecule has 0 saturated carbocycles. The molecular formula is C24H28N2O5. The zero-order valence-electron chi connectivity index (χ0n) is 18.5. The van der Waals surface area contributed by atoms with Crippen LogP contribution in [0.4, 0.5) is 5.69 Å². The predicted molar refractivity (Wildman–Crippen MR) is 117 cm³/mol. The molecule has 3 amide bonds. The number of rotatable bonds is 6. The van der Waals surface area contributed by atoms with Crippen molar-refractivity contribution in [3.63, 3.8) is 0 Å². The van der Waals surface area contributed by atoms with Crippen LogP contribution in [-0.2, 0) is 9.59 Å². The topological polar surface area (TPSA) is 76.2 Å². The zero-order chi connectivity index (χ0) is 22.8. The van der Waals surface area contributed by atoms with Crippen LogP contribution in [0.15, 0.2) is 48.5 Å². The summed E-state index contributed by atoms with van der Waals surface area (Å²) in [5, 5.41) is 0. The third kappa shape index (κ3) is 4.55. The number of imide groups is 1. The first kappa shape index (κ1) is 22.3. The van der Waals surface area contributed by atoms with Gasteiger partial charge in [0, 0.05) is 11.1 Å². The smallest absolute Gasteiger partial charge is 0.257 e. The molecule has 2 aromatic carbocycles. The molecule has 3 rings (SSSR count). The molecule has 0 radical (unpaired) electrons. The van der Waals surface area contributed by atoms with E-state index in [0.29, 0.717) is 29.4 Å². The van der Waals surface area contributed by atoms with E-state index in [1.54, 1.807) is 48.5 Å². The number of carbonyl (C=O) groups excluding carboxylic acids is 3. The molecule has 164 valence electrons. The minimum absolute atomic E-state index is 0.0704. The number of hydrogen-bond donors (Lipinski definition) is 0. The summed E-state index contributed by atoms with van der Waals surface area (Å²) in [6, 6.07) is 12.7. The Labute approximate surface area is 182 Å². The van der Waals surface area contributed by atoms with Crippen molar-refractivity contribution in [2.45, 2.75) is 45.7 Å². The van der Waals surface area contributed by atoms with Crippen molar-refractivity contribution in [3.05, 3.63) is 54.1 Å². The molecule has 31 heavy (non-hydrogen) atoms. The summed E-state index contributed by atoms with van der Waals surface area (Å²) in [7, 11) is 1.53. The highest BCUT2D eigenvalue weighted by molar-refractivity contribution is 6.23. The minimum Gasteiger partial charge on any atom is -0.497 e. The van der Waals surface area contributed by atoms with Gasteiger partial charge in [-0.05, 0) is 70.2 Å². The number of amides is 3. The maximum Gasteiger partial charge on any atom is 0.257 e. The molecule has 0 aromatic heterocycles. The van der Waals surface area contributed by atoms with Crippen molar-refractivity contribution < 1.29 is 23.9 Å². The Balaban J connectivity index is 1.93. The van der Waals surface area contributed by atoms with Gasteiger partial charge in [-0.1, -0.05) is 6.07 Å². The van der Waals surface area contributed by atoms with Gasteiger partial charge in [0.25, 0.3) is 11.8 Å². The van der Waals surface area contributed by atoms with Gasteiger partial charge >= 0.3 is 0 Å². The Morgan fingerprint density at radius 2 is 1.77 bits per heavy atom. The lowest BCUT2D eigenvalue weighted by molar-refractivity contribution is -0.123. The van der Waals surface area contributed by atoms with Crippen molar-refractivity contribution >= 4 is 23.4 Å². The van der Waals surface area contributed by atoms with E-state index in [4.69, 9.17) is 9.47 Å². The fourth-order valence-electron chi connectivity index (χ4n) is 3.76. The molecule has 1 unspecified atom stereocenters. The van der Waals surface area contributed by atoms with Gasteiger partial charge in [0.2, 0.25) is 5.91 Å². The largest absolute Gasteiger partial charge is 0.497 e. The lowest BCUT2D eigenvalue weighted by Crippen LogP contribution is -2.54. The van der Waals surface area contributed by atoms with Crippen LogP contribution >= 0.6 is 0 Å². The van der Waals surface area contributed by atoms with Crippen LogP contribution in [0.3, 0.4) is 0 Å². The number of benzene rings is 2. The predicted octanol–water partition coefficient (Wildman–Crippen LogP) is 3.67. The van der Waals surface area contributed by atoms with Crippen LogP contribution in [0, 0.1) is 0 Å². The van der Waals surface area contributed by atoms with Crippen LogP contribution in [-0.4, -0.2) is 47.9 Å². The Hall–Kier alpha value is -3.35. The highest BCUT2D eigenvalue weighted by Gasteiger charge is 2.47. The van der Waals surface area contributed by atoms with Gasteiger partial charge in [0.05, 0.1) is 25.8 Å². The zero-order valence-corrected chi connectivity index (χ0v) is 18.5. The van der Waals surface area contributed by atoms with E-state index in [2.05, 4.69) is 0 Å². The molecule has 1 saturated heterocycles. The molecule has 0 bridgehead atoms. The van der Waals surface area contributed by atoms with E-state index in [1.165, 1.54) is 12.0 Å². The van der Waals surface area contributed by atoms with Gasteiger partial charge in [0.15, 0.2) is 0 Å². The number of anilines is 1. The molecule has 7 nitrogen and oxygen atoms in total. The van der Waals surface area contributed by atoms with Crippen molar-refractivity contribution in [2.75, 3.05) is 18.6 Å². The summed E-state index contributed by atoms with van der Waals surface area (Å²) in [5.74, 6) is 0.120. The van der Waals surface area contributed by atoms with Crippen LogP contribution in [0.5, 0.6) is 11.5 Å². The van der Waals surface area contributed by atoms with Crippen molar-refractivity contribution in [3.8, 4) is 11.5 Å². The van der Waals surface area contributed by atoms with Gasteiger partial charge in [0.1, 0.15) is 17.5 Å². The maximum absolute atomic E-state index is 13.4. The van der Waals surface area contributed by atoms with Crippen LogP contribution in [0.25, 0.3) is 0 Å². The van der Waals surface area contributed by atoms with Crippen LogP contribution < -0.4 is 14.4 Å². The number of hydrogen-bond acceptors (Lipinski definition) is 5. The second kappa shape index (κ2) is 8.79. The first-order chi connectivity index (χ1) is 14.7. The average molecular weight is 424 g/mol. The number of carbonyl (C=O) groups is 3. The van der Waals surface area contributed by atoms with E-state index >= 15 is 0 Å². The molecular weight excluding hydrogens is 396 g/mol. The third-order valence-electron chi connectivity index (χ3n) is 5.10. The molecule has 1 aliphatic heterocycles. The van der Waals surface area contributed by atoms with Gasteiger partial charge in [-0.3, -0.25) is 14.4 Å². The number of ether oxygens (including phenoxy) is 2. The molecule has 1 aliphatic rings. The minimum atomic E-state index is -0.891. The number of methoxy groups -OCH3 is 1. The van der Waals surface area contributed by atoms with Gasteiger partial charge in [-0.15, -0.1) is 0 Å². The fourth-order valence-corrected chi connectivity index (χ4v) is 3.76. The fraction of sp³-hybridized carbons (Fsp3) is 0.375. The molecule has 1 atom stereocenters. The second-order valence-electron chi connectivity index (χ2n) is 8.29. The lowest BCUT2D eigenvalue weighted by Gasteiger charge is -2.39. The van der Waals surface area contributed by atoms with Crippen molar-refractivity contribution in [2.24, 2.45) is 0 Å². The van der Waals surface area contributed by atoms with Gasteiger partial charge in [-0.2, -0.15) is 0 Å². The Kier molecular flexibility index (Phi) is 6.34. The highest BCUT2D eigenvalue weighted by atomic mass is 16.5. The Bertz CT molecular complexity index is 978. The van der Waals surface area contributed by atoms with Crippen molar-refractivity contribution in [1.82, 2.24) is 4.90 Å². The molecule has 7 heteroatoms. The summed E-state index contributed by atoms with van der Waals surface area (Å²) in [6.07, 6.45) is -0.0704. The van der Waals surface area contributed by atoms with E-state index < -0.39 is 17.5 Å². The highest BCUT2D eigenvalue weighted by Crippen LogP contribution is 2.32. The first-order valence-corrected chi connectivity index (χ1v) is 10.2. The third-order valence-corrected chi connectivity index (χ3v) is 5.10. The maximum atomic E-state index is 13.4. The molecule has 0 N–H and O–H groups in total. The van der Waals surface area contributed by atoms with E-state index in [0.717, 1.165) is 4.90 Å². The Morgan fingerprint density at radius 1 is 1.10 bits per heavy atom. The van der Waals surface area contributed by atoms with E-state index in [1.807, 2.05) is 27.7 Å². The molecule has 1 fully saturated rings. The van der Waals surface area contributed by atoms with E-state index in [-0.39, 0.29) is 18.2 Å². The second-order valence-corrected chi connectivity index (χ2v) is 8.29. The van der Waals surface area contributed by atoms with Gasteiger partial charge in [-0.25, -0.2) is 4.90 Å². The molecule has 0 aliphatic carbocycles. The number of nitrogens with zero attached hydrogens (tertiary/aromatic N) is 2. The molecule has 0 spiro atoms. The monoisotopic (exact) mass is 424 g/mol. The summed E-state index contributed by atoms with van der Waals surface area (Å²) < 4.78 is 10.7. The van der Waals surface area contributed by atoms with Gasteiger partial charge < -0.3 is 14.4 Å². The first-order valence-electron chi connectivity index (χ1n) is 10.2. The normalized spacial score (nSPS) is 16.4. The van der Waals surface area contributed by atoms with Crippen LogP contribution in [0.2, 0.25) is 0 Å². The molecule has 1 heterocycles. The molecule has 2 aromatic rings. The average Bonchev–Trinajstić information content (AvgIpc) is 3.01.